The van der Waals surface area contributed by atoms with Gasteiger partial charge in [-0.15, -0.1) is 0 Å². The minimum atomic E-state index is -4.71. The van der Waals surface area contributed by atoms with Gasteiger partial charge in [0.25, 0.3) is 11.5 Å². The Hall–Kier alpha value is -2.32. The standard InChI is InChI=1S/C12H11F3N2O4/c13-12(14,15)8-2-1-7(9(18)16-8)10(19)17-4-3-6(5-17)11(20)21/h1-2,6H,3-5H2,(H,16,18)(H,20,21). The molecule has 0 aromatic carbocycles. The van der Waals surface area contributed by atoms with Crippen LogP contribution in [0.5, 0.6) is 0 Å². The molecule has 1 fully saturated rings. The second-order valence-corrected chi connectivity index (χ2v) is 4.69. The highest BCUT2D eigenvalue weighted by molar-refractivity contribution is 5.94. The van der Waals surface area contributed by atoms with Gasteiger partial charge in [0.15, 0.2) is 0 Å². The minimum absolute atomic E-state index is 0.0609. The lowest BCUT2D eigenvalue weighted by atomic mass is 10.1. The summed E-state index contributed by atoms with van der Waals surface area (Å²) in [5, 5.41) is 8.83. The van der Waals surface area contributed by atoms with Gasteiger partial charge >= 0.3 is 12.1 Å². The van der Waals surface area contributed by atoms with E-state index in [1.807, 2.05) is 0 Å². The zero-order valence-electron chi connectivity index (χ0n) is 10.6. The van der Waals surface area contributed by atoms with E-state index in [9.17, 15) is 27.6 Å². The predicted molar refractivity (Wildman–Crippen MR) is 63.7 cm³/mol. The number of carboxylic acids is 1. The maximum Gasteiger partial charge on any atom is 0.431 e. The molecule has 2 rings (SSSR count). The molecule has 6 nitrogen and oxygen atoms in total. The number of alkyl halides is 3. The first-order valence-electron chi connectivity index (χ1n) is 6.02. The van der Waals surface area contributed by atoms with Crippen LogP contribution >= 0.6 is 0 Å². The third kappa shape index (κ3) is 3.06. The quantitative estimate of drug-likeness (QED) is 0.851. The van der Waals surface area contributed by atoms with Gasteiger partial charge in [-0.25, -0.2) is 0 Å². The van der Waals surface area contributed by atoms with Crippen LogP contribution in [0.3, 0.4) is 0 Å². The van der Waals surface area contributed by atoms with Crippen molar-refractivity contribution >= 4 is 11.9 Å². The Bertz CT molecular complexity index is 638. The van der Waals surface area contributed by atoms with Crippen LogP contribution in [0.4, 0.5) is 13.2 Å². The molecule has 0 radical (unpaired) electrons. The zero-order chi connectivity index (χ0) is 15.8. The number of rotatable bonds is 2. The average Bonchev–Trinajstić information content (AvgIpc) is 2.86. The summed E-state index contributed by atoms with van der Waals surface area (Å²) in [6.45, 7) is 0.0882. The summed E-state index contributed by atoms with van der Waals surface area (Å²) in [6, 6.07) is 1.41. The van der Waals surface area contributed by atoms with Crippen LogP contribution < -0.4 is 5.56 Å². The lowest BCUT2D eigenvalue weighted by Crippen LogP contribution is -2.34. The number of aromatic nitrogens is 1. The molecule has 9 heteroatoms. The highest BCUT2D eigenvalue weighted by Gasteiger charge is 2.34. The summed E-state index contributed by atoms with van der Waals surface area (Å²) in [4.78, 5) is 37.2. The molecule has 21 heavy (non-hydrogen) atoms. The van der Waals surface area contributed by atoms with Gasteiger partial charge in [-0.1, -0.05) is 0 Å². The number of nitrogens with one attached hydrogen (secondary N) is 1. The summed E-state index contributed by atoms with van der Waals surface area (Å²) in [5.74, 6) is -2.54. The van der Waals surface area contributed by atoms with Crippen molar-refractivity contribution in [3.05, 3.63) is 33.7 Å². The Kier molecular flexibility index (Phi) is 3.75. The summed E-state index contributed by atoms with van der Waals surface area (Å²) in [6.07, 6.45) is -4.46. The number of hydrogen-bond acceptors (Lipinski definition) is 3. The van der Waals surface area contributed by atoms with Gasteiger partial charge in [0.05, 0.1) is 5.92 Å². The fourth-order valence-electron chi connectivity index (χ4n) is 2.12. The van der Waals surface area contributed by atoms with Crippen molar-refractivity contribution in [2.24, 2.45) is 5.92 Å². The van der Waals surface area contributed by atoms with Crippen molar-refractivity contribution in [3.63, 3.8) is 0 Å². The van der Waals surface area contributed by atoms with Crippen LogP contribution in [0.2, 0.25) is 0 Å². The lowest BCUT2D eigenvalue weighted by molar-refractivity contribution is -0.142. The van der Waals surface area contributed by atoms with Crippen molar-refractivity contribution < 1.29 is 27.9 Å². The number of H-pyrrole nitrogens is 1. The average molecular weight is 304 g/mol. The van der Waals surface area contributed by atoms with Gasteiger partial charge < -0.3 is 15.0 Å². The molecule has 1 aliphatic heterocycles. The molecule has 0 aliphatic carbocycles. The van der Waals surface area contributed by atoms with E-state index in [1.54, 1.807) is 4.98 Å². The van der Waals surface area contributed by atoms with E-state index < -0.39 is 40.8 Å². The molecule has 0 saturated carbocycles. The first-order valence-corrected chi connectivity index (χ1v) is 6.02. The molecular weight excluding hydrogens is 293 g/mol. The molecule has 114 valence electrons. The molecule has 1 aliphatic rings. The van der Waals surface area contributed by atoms with Crippen molar-refractivity contribution in [2.45, 2.75) is 12.6 Å². The fraction of sp³-hybridized carbons (Fsp3) is 0.417. The van der Waals surface area contributed by atoms with Gasteiger partial charge in [-0.2, -0.15) is 13.2 Å². The van der Waals surface area contributed by atoms with E-state index in [1.165, 1.54) is 0 Å². The minimum Gasteiger partial charge on any atom is -0.481 e. The molecule has 1 unspecified atom stereocenters. The molecule has 0 bridgehead atoms. The van der Waals surface area contributed by atoms with Crippen molar-refractivity contribution in [1.82, 2.24) is 9.88 Å². The second kappa shape index (κ2) is 5.23. The van der Waals surface area contributed by atoms with Crippen LogP contribution in [-0.4, -0.2) is 40.0 Å². The molecule has 0 spiro atoms. The summed E-state index contributed by atoms with van der Waals surface area (Å²) in [7, 11) is 0. The molecule has 1 amide bonds. The van der Waals surface area contributed by atoms with Crippen molar-refractivity contribution in [3.8, 4) is 0 Å². The predicted octanol–water partition coefficient (Wildman–Crippen LogP) is 0.940. The first-order chi connectivity index (χ1) is 9.70. The first kappa shape index (κ1) is 15.1. The molecule has 2 N–H and O–H groups in total. The normalized spacial score (nSPS) is 18.8. The molecule has 1 aromatic rings. The Morgan fingerprint density at radius 3 is 2.48 bits per heavy atom. The smallest absolute Gasteiger partial charge is 0.431 e. The van der Waals surface area contributed by atoms with E-state index in [2.05, 4.69) is 0 Å². The lowest BCUT2D eigenvalue weighted by Gasteiger charge is -2.15. The number of amides is 1. The largest absolute Gasteiger partial charge is 0.481 e. The molecule has 2 heterocycles. The maximum atomic E-state index is 12.4. The van der Waals surface area contributed by atoms with Crippen molar-refractivity contribution in [2.75, 3.05) is 13.1 Å². The SMILES string of the molecule is O=C(O)C1CCN(C(=O)c2ccc(C(F)(F)F)[nH]c2=O)C1. The number of aromatic amines is 1. The summed E-state index contributed by atoms with van der Waals surface area (Å²) >= 11 is 0. The molecule has 1 aromatic heterocycles. The number of likely N-dealkylation sites (tertiary alicyclic amines) is 1. The van der Waals surface area contributed by atoms with Gasteiger partial charge in [-0.3, -0.25) is 14.4 Å². The van der Waals surface area contributed by atoms with E-state index in [4.69, 9.17) is 5.11 Å². The number of carbonyl (C=O) groups is 2. The Morgan fingerprint density at radius 1 is 1.33 bits per heavy atom. The van der Waals surface area contributed by atoms with E-state index >= 15 is 0 Å². The number of nitrogens with zero attached hydrogens (tertiary/aromatic N) is 1. The molecular formula is C12H11F3N2O4. The third-order valence-electron chi connectivity index (χ3n) is 3.27. The summed E-state index contributed by atoms with van der Waals surface area (Å²) < 4.78 is 37.2. The van der Waals surface area contributed by atoms with Gasteiger partial charge in [0, 0.05) is 13.1 Å². The highest BCUT2D eigenvalue weighted by Crippen LogP contribution is 2.26. The van der Waals surface area contributed by atoms with Crippen LogP contribution in [0.25, 0.3) is 0 Å². The number of aliphatic carboxylic acids is 1. The second-order valence-electron chi connectivity index (χ2n) is 4.69. The van der Waals surface area contributed by atoms with Gasteiger partial charge in [0.2, 0.25) is 0 Å². The van der Waals surface area contributed by atoms with Crippen molar-refractivity contribution in [1.29, 1.82) is 0 Å². The Labute approximate surface area is 116 Å². The van der Waals surface area contributed by atoms with Crippen LogP contribution in [0, 0.1) is 5.92 Å². The number of halogens is 3. The number of carbonyl (C=O) groups excluding carboxylic acids is 1. The van der Waals surface area contributed by atoms with Gasteiger partial charge in [-0.05, 0) is 18.6 Å². The fourth-order valence-corrected chi connectivity index (χ4v) is 2.12. The third-order valence-corrected chi connectivity index (χ3v) is 3.27. The zero-order valence-corrected chi connectivity index (χ0v) is 10.6. The topological polar surface area (TPSA) is 90.5 Å². The van der Waals surface area contributed by atoms with Gasteiger partial charge in [0.1, 0.15) is 11.3 Å². The maximum absolute atomic E-state index is 12.4. The Morgan fingerprint density at radius 2 is 2.00 bits per heavy atom. The van der Waals surface area contributed by atoms with Crippen LogP contribution in [0.1, 0.15) is 22.5 Å². The monoisotopic (exact) mass is 304 g/mol. The van der Waals surface area contributed by atoms with E-state index in [0.717, 1.165) is 11.0 Å². The number of hydrogen-bond donors (Lipinski definition) is 2. The Balaban J connectivity index is 2.21. The highest BCUT2D eigenvalue weighted by atomic mass is 19.4. The van der Waals surface area contributed by atoms with Crippen LogP contribution in [-0.2, 0) is 11.0 Å². The molecule has 1 saturated heterocycles. The van der Waals surface area contributed by atoms with E-state index in [0.29, 0.717) is 6.07 Å². The summed E-state index contributed by atoms with van der Waals surface area (Å²) in [5.41, 5.74) is -2.82. The van der Waals surface area contributed by atoms with Crippen LogP contribution in [0.15, 0.2) is 16.9 Å². The number of pyridine rings is 1. The van der Waals surface area contributed by atoms with E-state index in [-0.39, 0.29) is 19.5 Å². The molecule has 1 atom stereocenters. The number of carboxylic acid groups (broad SMARTS) is 1.